The van der Waals surface area contributed by atoms with Crippen molar-refractivity contribution in [3.63, 3.8) is 0 Å². The molecule has 2 nitrogen and oxygen atoms in total. The predicted octanol–water partition coefficient (Wildman–Crippen LogP) is 4.67. The molecule has 0 aliphatic heterocycles. The third-order valence-electron chi connectivity index (χ3n) is 3.21. The molecule has 0 N–H and O–H groups in total. The molecule has 19 heavy (non-hydrogen) atoms. The Morgan fingerprint density at radius 2 is 1.79 bits per heavy atom. The van der Waals surface area contributed by atoms with Crippen molar-refractivity contribution < 1.29 is 4.74 Å². The van der Waals surface area contributed by atoms with E-state index in [9.17, 15) is 0 Å². The van der Waals surface area contributed by atoms with Crippen molar-refractivity contribution in [2.24, 2.45) is 0 Å². The van der Waals surface area contributed by atoms with Crippen molar-refractivity contribution in [3.8, 4) is 11.8 Å². The summed E-state index contributed by atoms with van der Waals surface area (Å²) in [6, 6.07) is 13.9. The monoisotopic (exact) mass is 253 g/mol. The molecule has 2 aromatic rings. The SMILES string of the molecule is CCCCCCOc1ccc2cc(C#N)ccc2c1. The molecule has 2 aromatic carbocycles. The minimum absolute atomic E-state index is 0.695. The molecule has 0 aliphatic carbocycles. The van der Waals surface area contributed by atoms with E-state index in [2.05, 4.69) is 13.0 Å². The van der Waals surface area contributed by atoms with Crippen LogP contribution in [0, 0.1) is 11.3 Å². The van der Waals surface area contributed by atoms with Crippen LogP contribution in [-0.4, -0.2) is 6.61 Å². The van der Waals surface area contributed by atoms with E-state index < -0.39 is 0 Å². The molecule has 0 bridgehead atoms. The summed E-state index contributed by atoms with van der Waals surface area (Å²) in [6.45, 7) is 2.99. The van der Waals surface area contributed by atoms with Gasteiger partial charge >= 0.3 is 0 Å². The summed E-state index contributed by atoms with van der Waals surface area (Å²) in [5.74, 6) is 0.911. The molecule has 98 valence electrons. The fourth-order valence-corrected chi connectivity index (χ4v) is 2.10. The van der Waals surface area contributed by atoms with Crippen molar-refractivity contribution in [3.05, 3.63) is 42.0 Å². The Bertz CT molecular complexity index is 583. The fourth-order valence-electron chi connectivity index (χ4n) is 2.10. The lowest BCUT2D eigenvalue weighted by atomic mass is 10.1. The van der Waals surface area contributed by atoms with Gasteiger partial charge in [-0.05, 0) is 41.5 Å². The smallest absolute Gasteiger partial charge is 0.119 e. The number of fused-ring (bicyclic) bond motifs is 1. The van der Waals surface area contributed by atoms with Gasteiger partial charge in [0, 0.05) is 0 Å². The lowest BCUT2D eigenvalue weighted by Crippen LogP contribution is -1.97. The van der Waals surface area contributed by atoms with Gasteiger partial charge in [0.2, 0.25) is 0 Å². The lowest BCUT2D eigenvalue weighted by molar-refractivity contribution is 0.305. The predicted molar refractivity (Wildman–Crippen MR) is 78.3 cm³/mol. The Morgan fingerprint density at radius 1 is 1.00 bits per heavy atom. The number of nitriles is 1. The molecule has 0 fully saturated rings. The van der Waals surface area contributed by atoms with Crippen molar-refractivity contribution >= 4 is 10.8 Å². The average molecular weight is 253 g/mol. The third-order valence-corrected chi connectivity index (χ3v) is 3.21. The second kappa shape index (κ2) is 6.80. The highest BCUT2D eigenvalue weighted by Gasteiger charge is 1.99. The molecule has 0 atom stereocenters. The normalized spacial score (nSPS) is 10.3. The maximum absolute atomic E-state index is 8.86. The largest absolute Gasteiger partial charge is 0.494 e. The van der Waals surface area contributed by atoms with Gasteiger partial charge in [0.05, 0.1) is 18.2 Å². The highest BCUT2D eigenvalue weighted by Crippen LogP contribution is 2.22. The van der Waals surface area contributed by atoms with Crippen LogP contribution in [0.5, 0.6) is 5.75 Å². The molecule has 0 spiro atoms. The molecule has 0 aromatic heterocycles. The van der Waals surface area contributed by atoms with E-state index in [0.717, 1.165) is 29.5 Å². The molecule has 2 heteroatoms. The Labute approximate surface area is 114 Å². The second-order valence-corrected chi connectivity index (χ2v) is 4.74. The standard InChI is InChI=1S/C17H19NO/c1-2-3-4-5-10-19-17-9-8-15-11-14(13-18)6-7-16(15)12-17/h6-9,11-12H,2-5,10H2,1H3. The summed E-state index contributed by atoms with van der Waals surface area (Å²) >= 11 is 0. The summed E-state index contributed by atoms with van der Waals surface area (Å²) in [5.41, 5.74) is 0.695. The second-order valence-electron chi connectivity index (χ2n) is 4.74. The number of nitrogens with zero attached hydrogens (tertiary/aromatic N) is 1. The molecule has 0 heterocycles. The first-order chi connectivity index (χ1) is 9.33. The van der Waals surface area contributed by atoms with Gasteiger partial charge in [0.15, 0.2) is 0 Å². The van der Waals surface area contributed by atoms with Crippen LogP contribution in [0.4, 0.5) is 0 Å². The summed E-state index contributed by atoms with van der Waals surface area (Å²) in [7, 11) is 0. The van der Waals surface area contributed by atoms with Crippen LogP contribution in [0.15, 0.2) is 36.4 Å². The zero-order chi connectivity index (χ0) is 13.5. The van der Waals surface area contributed by atoms with Crippen LogP contribution >= 0.6 is 0 Å². The van der Waals surface area contributed by atoms with Gasteiger partial charge in [-0.25, -0.2) is 0 Å². The minimum Gasteiger partial charge on any atom is -0.494 e. The van der Waals surface area contributed by atoms with Gasteiger partial charge in [0.1, 0.15) is 5.75 Å². The zero-order valence-electron chi connectivity index (χ0n) is 11.4. The van der Waals surface area contributed by atoms with E-state index in [-0.39, 0.29) is 0 Å². The first-order valence-corrected chi connectivity index (χ1v) is 6.90. The van der Waals surface area contributed by atoms with Gasteiger partial charge in [0.25, 0.3) is 0 Å². The molecular formula is C17H19NO. The van der Waals surface area contributed by atoms with E-state index in [1.165, 1.54) is 19.3 Å². The van der Waals surface area contributed by atoms with E-state index in [0.29, 0.717) is 5.56 Å². The summed E-state index contributed by atoms with van der Waals surface area (Å²) < 4.78 is 5.75. The fraction of sp³-hybridized carbons (Fsp3) is 0.353. The molecule has 0 aliphatic rings. The molecule has 0 saturated carbocycles. The molecule has 0 saturated heterocycles. The Kier molecular flexibility index (Phi) is 4.80. The van der Waals surface area contributed by atoms with Gasteiger partial charge in [-0.15, -0.1) is 0 Å². The lowest BCUT2D eigenvalue weighted by Gasteiger charge is -2.07. The van der Waals surface area contributed by atoms with Gasteiger partial charge in [-0.3, -0.25) is 0 Å². The highest BCUT2D eigenvalue weighted by atomic mass is 16.5. The highest BCUT2D eigenvalue weighted by molar-refractivity contribution is 5.85. The van der Waals surface area contributed by atoms with E-state index in [1.807, 2.05) is 36.4 Å². The summed E-state index contributed by atoms with van der Waals surface area (Å²) in [6.07, 6.45) is 4.87. The molecule has 2 rings (SSSR count). The number of benzene rings is 2. The van der Waals surface area contributed by atoms with Crippen LogP contribution in [0.1, 0.15) is 38.2 Å². The molecule has 0 unspecified atom stereocenters. The van der Waals surface area contributed by atoms with E-state index >= 15 is 0 Å². The number of ether oxygens (including phenoxy) is 1. The maximum Gasteiger partial charge on any atom is 0.119 e. The van der Waals surface area contributed by atoms with Crippen LogP contribution < -0.4 is 4.74 Å². The van der Waals surface area contributed by atoms with Crippen molar-refractivity contribution in [2.75, 3.05) is 6.61 Å². The number of hydrogen-bond donors (Lipinski definition) is 0. The Morgan fingerprint density at radius 3 is 2.58 bits per heavy atom. The molecule has 0 radical (unpaired) electrons. The van der Waals surface area contributed by atoms with Gasteiger partial charge in [-0.1, -0.05) is 38.3 Å². The van der Waals surface area contributed by atoms with Crippen molar-refractivity contribution in [2.45, 2.75) is 32.6 Å². The number of hydrogen-bond acceptors (Lipinski definition) is 2. The van der Waals surface area contributed by atoms with E-state index in [4.69, 9.17) is 10.00 Å². The number of rotatable bonds is 6. The van der Waals surface area contributed by atoms with Crippen molar-refractivity contribution in [1.82, 2.24) is 0 Å². The zero-order valence-corrected chi connectivity index (χ0v) is 11.4. The van der Waals surface area contributed by atoms with Crippen LogP contribution in [0.25, 0.3) is 10.8 Å². The molecule has 0 amide bonds. The summed E-state index contributed by atoms with van der Waals surface area (Å²) in [5, 5.41) is 11.1. The molecular weight excluding hydrogens is 234 g/mol. The topological polar surface area (TPSA) is 33.0 Å². The Balaban J connectivity index is 2.00. The van der Waals surface area contributed by atoms with Crippen LogP contribution in [0.3, 0.4) is 0 Å². The van der Waals surface area contributed by atoms with Gasteiger partial charge < -0.3 is 4.74 Å². The minimum atomic E-state index is 0.695. The quantitative estimate of drug-likeness (QED) is 0.701. The Hall–Kier alpha value is -2.01. The first kappa shape index (κ1) is 13.4. The number of unbranched alkanes of at least 4 members (excludes halogenated alkanes) is 3. The average Bonchev–Trinajstić information content (AvgIpc) is 2.46. The maximum atomic E-state index is 8.86. The van der Waals surface area contributed by atoms with Gasteiger partial charge in [-0.2, -0.15) is 5.26 Å². The van der Waals surface area contributed by atoms with Crippen molar-refractivity contribution in [1.29, 1.82) is 5.26 Å². The third kappa shape index (κ3) is 3.72. The van der Waals surface area contributed by atoms with E-state index in [1.54, 1.807) is 0 Å². The van der Waals surface area contributed by atoms with Crippen LogP contribution in [0.2, 0.25) is 0 Å². The summed E-state index contributed by atoms with van der Waals surface area (Å²) in [4.78, 5) is 0. The van der Waals surface area contributed by atoms with Crippen LogP contribution in [-0.2, 0) is 0 Å². The first-order valence-electron chi connectivity index (χ1n) is 6.90.